The van der Waals surface area contributed by atoms with Gasteiger partial charge in [0.05, 0.1) is 18.2 Å². The highest BCUT2D eigenvalue weighted by Crippen LogP contribution is 2.23. The topological polar surface area (TPSA) is 21.3 Å². The highest BCUT2D eigenvalue weighted by atomic mass is 79.9. The third kappa shape index (κ3) is 2.80. The van der Waals surface area contributed by atoms with Crippen LogP contribution in [0.3, 0.4) is 0 Å². The lowest BCUT2D eigenvalue weighted by molar-refractivity contribution is -0.0586. The molecule has 1 heterocycles. The Kier molecular flexibility index (Phi) is 3.14. The Bertz CT molecular complexity index is 324. The summed E-state index contributed by atoms with van der Waals surface area (Å²) >= 11 is 3.44. The van der Waals surface area contributed by atoms with Gasteiger partial charge in [0.1, 0.15) is 0 Å². The zero-order valence-electron chi connectivity index (χ0n) is 9.09. The summed E-state index contributed by atoms with van der Waals surface area (Å²) in [5, 5.41) is 3.50. The minimum absolute atomic E-state index is 0.0358. The fourth-order valence-electron chi connectivity index (χ4n) is 1.70. The molecule has 3 heteroatoms. The van der Waals surface area contributed by atoms with E-state index in [2.05, 4.69) is 59.4 Å². The zero-order valence-corrected chi connectivity index (χ0v) is 10.7. The predicted molar refractivity (Wildman–Crippen MR) is 64.9 cm³/mol. The van der Waals surface area contributed by atoms with Crippen LogP contribution < -0.4 is 5.32 Å². The Labute approximate surface area is 99.1 Å². The van der Waals surface area contributed by atoms with Gasteiger partial charge >= 0.3 is 0 Å². The maximum Gasteiger partial charge on any atom is 0.0751 e. The summed E-state index contributed by atoms with van der Waals surface area (Å²) < 4.78 is 6.90. The molecule has 1 saturated heterocycles. The maximum atomic E-state index is 5.79. The summed E-state index contributed by atoms with van der Waals surface area (Å²) in [6.45, 7) is 5.86. The minimum Gasteiger partial charge on any atom is -0.372 e. The Morgan fingerprint density at radius 3 is 2.53 bits per heavy atom. The smallest absolute Gasteiger partial charge is 0.0751 e. The van der Waals surface area contributed by atoms with Crippen molar-refractivity contribution in [3.63, 3.8) is 0 Å². The van der Waals surface area contributed by atoms with E-state index in [9.17, 15) is 0 Å². The van der Waals surface area contributed by atoms with E-state index >= 15 is 0 Å². The van der Waals surface area contributed by atoms with Crippen molar-refractivity contribution in [2.45, 2.75) is 25.5 Å². The first-order valence-corrected chi connectivity index (χ1v) is 5.99. The lowest BCUT2D eigenvalue weighted by Gasteiger charge is -2.36. The molecule has 1 fully saturated rings. The summed E-state index contributed by atoms with van der Waals surface area (Å²) in [6, 6.07) is 8.71. The van der Waals surface area contributed by atoms with Crippen LogP contribution in [0.25, 0.3) is 0 Å². The van der Waals surface area contributed by atoms with Crippen LogP contribution in [-0.2, 0) is 4.74 Å². The van der Waals surface area contributed by atoms with Gasteiger partial charge in [-0.3, -0.25) is 0 Å². The molecule has 2 rings (SSSR count). The molecule has 0 radical (unpaired) electrons. The summed E-state index contributed by atoms with van der Waals surface area (Å²) in [5.74, 6) is 0. The number of hydrogen-bond donors (Lipinski definition) is 1. The number of nitrogens with one attached hydrogen (secondary N) is 1. The van der Waals surface area contributed by atoms with Crippen molar-refractivity contribution in [1.82, 2.24) is 5.32 Å². The van der Waals surface area contributed by atoms with Gasteiger partial charge in [-0.2, -0.15) is 0 Å². The second-order valence-electron chi connectivity index (χ2n) is 4.56. The molecule has 0 bridgehead atoms. The van der Waals surface area contributed by atoms with Gasteiger partial charge in [0.25, 0.3) is 0 Å². The van der Waals surface area contributed by atoms with Crippen LogP contribution in [0.1, 0.15) is 25.5 Å². The number of ether oxygens (including phenoxy) is 1. The first-order valence-electron chi connectivity index (χ1n) is 5.20. The molecule has 1 aromatic carbocycles. The van der Waals surface area contributed by atoms with Gasteiger partial charge in [-0.1, -0.05) is 28.1 Å². The molecule has 0 aliphatic carbocycles. The van der Waals surface area contributed by atoms with E-state index < -0.39 is 0 Å². The summed E-state index contributed by atoms with van der Waals surface area (Å²) in [7, 11) is 0. The van der Waals surface area contributed by atoms with Crippen molar-refractivity contribution < 1.29 is 4.74 Å². The molecule has 0 aromatic heterocycles. The van der Waals surface area contributed by atoms with Gasteiger partial charge in [-0.05, 0) is 31.5 Å². The second kappa shape index (κ2) is 4.24. The van der Waals surface area contributed by atoms with Crippen LogP contribution in [0.5, 0.6) is 0 Å². The molecule has 0 amide bonds. The molecule has 1 atom stereocenters. The van der Waals surface area contributed by atoms with Gasteiger partial charge < -0.3 is 10.1 Å². The third-order valence-electron chi connectivity index (χ3n) is 2.69. The SMILES string of the molecule is CC1(C)CNC(c2ccc(Br)cc2)CO1. The van der Waals surface area contributed by atoms with Crippen LogP contribution in [-0.4, -0.2) is 18.8 Å². The molecule has 1 aliphatic heterocycles. The van der Waals surface area contributed by atoms with E-state index in [1.165, 1.54) is 5.56 Å². The van der Waals surface area contributed by atoms with E-state index in [0.717, 1.165) is 17.6 Å². The van der Waals surface area contributed by atoms with Crippen molar-refractivity contribution in [1.29, 1.82) is 0 Å². The van der Waals surface area contributed by atoms with Gasteiger partial charge in [0, 0.05) is 11.0 Å². The van der Waals surface area contributed by atoms with Crippen molar-refractivity contribution in [2.24, 2.45) is 0 Å². The lowest BCUT2D eigenvalue weighted by atomic mass is 10.0. The van der Waals surface area contributed by atoms with Crippen LogP contribution in [0.2, 0.25) is 0 Å². The highest BCUT2D eigenvalue weighted by Gasteiger charge is 2.27. The molecular weight excluding hydrogens is 254 g/mol. The molecule has 0 spiro atoms. The molecule has 1 aliphatic rings. The van der Waals surface area contributed by atoms with Crippen LogP contribution in [0.4, 0.5) is 0 Å². The van der Waals surface area contributed by atoms with Crippen molar-refractivity contribution >= 4 is 15.9 Å². The Morgan fingerprint density at radius 2 is 2.00 bits per heavy atom. The summed E-state index contributed by atoms with van der Waals surface area (Å²) in [4.78, 5) is 0. The quantitative estimate of drug-likeness (QED) is 0.847. The number of hydrogen-bond acceptors (Lipinski definition) is 2. The van der Waals surface area contributed by atoms with Crippen molar-refractivity contribution in [3.05, 3.63) is 34.3 Å². The van der Waals surface area contributed by atoms with Crippen LogP contribution >= 0.6 is 15.9 Å². The molecule has 82 valence electrons. The van der Waals surface area contributed by atoms with Crippen LogP contribution in [0, 0.1) is 0 Å². The van der Waals surface area contributed by atoms with Crippen LogP contribution in [0.15, 0.2) is 28.7 Å². The largest absolute Gasteiger partial charge is 0.372 e. The maximum absolute atomic E-state index is 5.79. The van der Waals surface area contributed by atoms with Gasteiger partial charge in [0.2, 0.25) is 0 Å². The number of morpholine rings is 1. The Balaban J connectivity index is 2.04. The zero-order chi connectivity index (χ0) is 10.9. The molecule has 0 saturated carbocycles. The predicted octanol–water partition coefficient (Wildman–Crippen LogP) is 2.89. The van der Waals surface area contributed by atoms with E-state index in [1.807, 2.05) is 0 Å². The fraction of sp³-hybridized carbons (Fsp3) is 0.500. The van der Waals surface area contributed by atoms with E-state index in [1.54, 1.807) is 0 Å². The van der Waals surface area contributed by atoms with Gasteiger partial charge in [-0.25, -0.2) is 0 Å². The minimum atomic E-state index is -0.0358. The second-order valence-corrected chi connectivity index (χ2v) is 5.47. The monoisotopic (exact) mass is 269 g/mol. The van der Waals surface area contributed by atoms with E-state index in [0.29, 0.717) is 6.04 Å². The third-order valence-corrected chi connectivity index (χ3v) is 3.22. The first kappa shape index (κ1) is 11.1. The normalized spacial score (nSPS) is 25.1. The molecule has 1 N–H and O–H groups in total. The standard InChI is InChI=1S/C12H16BrNO/c1-12(2)8-14-11(7-15-12)9-3-5-10(13)6-4-9/h3-6,11,14H,7-8H2,1-2H3. The van der Waals surface area contributed by atoms with E-state index in [4.69, 9.17) is 4.74 Å². The lowest BCUT2D eigenvalue weighted by Crippen LogP contribution is -2.47. The summed E-state index contributed by atoms with van der Waals surface area (Å²) in [5.41, 5.74) is 1.25. The van der Waals surface area contributed by atoms with E-state index in [-0.39, 0.29) is 5.60 Å². The first-order chi connectivity index (χ1) is 7.07. The average Bonchev–Trinajstić information content (AvgIpc) is 2.20. The number of rotatable bonds is 1. The van der Waals surface area contributed by atoms with Gasteiger partial charge in [-0.15, -0.1) is 0 Å². The fourth-order valence-corrected chi connectivity index (χ4v) is 1.96. The molecule has 1 aromatic rings. The molecular formula is C12H16BrNO. The van der Waals surface area contributed by atoms with Crippen molar-refractivity contribution in [3.8, 4) is 0 Å². The number of benzene rings is 1. The number of halogens is 1. The Hall–Kier alpha value is -0.380. The summed E-state index contributed by atoms with van der Waals surface area (Å²) in [6.07, 6.45) is 0. The average molecular weight is 270 g/mol. The highest BCUT2D eigenvalue weighted by molar-refractivity contribution is 9.10. The Morgan fingerprint density at radius 1 is 1.33 bits per heavy atom. The van der Waals surface area contributed by atoms with Crippen molar-refractivity contribution in [2.75, 3.05) is 13.2 Å². The molecule has 15 heavy (non-hydrogen) atoms. The molecule has 2 nitrogen and oxygen atoms in total. The molecule has 1 unspecified atom stereocenters. The van der Waals surface area contributed by atoms with Gasteiger partial charge in [0.15, 0.2) is 0 Å².